The van der Waals surface area contributed by atoms with Crippen LogP contribution < -0.4 is 4.74 Å². The Morgan fingerprint density at radius 3 is 2.28 bits per heavy atom. The van der Waals surface area contributed by atoms with Crippen LogP contribution in [0, 0.1) is 0 Å². The molecule has 29 heavy (non-hydrogen) atoms. The van der Waals surface area contributed by atoms with Gasteiger partial charge in [0.25, 0.3) is 0 Å². The van der Waals surface area contributed by atoms with Gasteiger partial charge < -0.3 is 9.94 Å². The molecule has 0 amide bonds. The molecule has 1 N–H and O–H groups in total. The fourth-order valence-electron chi connectivity index (χ4n) is 3.40. The van der Waals surface area contributed by atoms with Gasteiger partial charge in [-0.3, -0.25) is 0 Å². The van der Waals surface area contributed by atoms with Crippen molar-refractivity contribution in [1.82, 2.24) is 4.98 Å². The van der Waals surface area contributed by atoms with Gasteiger partial charge in [-0.25, -0.2) is 4.98 Å². The first-order valence-electron chi connectivity index (χ1n) is 8.94. The molecule has 0 saturated carbocycles. The lowest BCUT2D eigenvalue weighted by Gasteiger charge is -2.32. The van der Waals surface area contributed by atoms with Crippen molar-refractivity contribution in [3.63, 3.8) is 0 Å². The monoisotopic (exact) mass is 446 g/mol. The molecule has 1 aliphatic rings. The van der Waals surface area contributed by atoms with Gasteiger partial charge in [-0.2, -0.15) is 0 Å². The Hall–Kier alpha value is -2.27. The van der Waals surface area contributed by atoms with Gasteiger partial charge >= 0.3 is 0 Å². The summed E-state index contributed by atoms with van der Waals surface area (Å²) in [6.45, 7) is 3.84. The molecule has 0 bridgehead atoms. The van der Waals surface area contributed by atoms with Crippen molar-refractivity contribution in [3.05, 3.63) is 69.2 Å². The lowest BCUT2D eigenvalue weighted by atomic mass is 9.90. The second-order valence-corrected chi connectivity index (χ2v) is 8.73. The minimum atomic E-state index is -0.551. The molecule has 4 rings (SSSR count). The average Bonchev–Trinajstić information content (AvgIpc) is 2.66. The third kappa shape index (κ3) is 3.93. The molecule has 3 aromatic rings. The molecule has 0 aliphatic carbocycles. The number of oxime groups is 1. The van der Waals surface area contributed by atoms with Crippen LogP contribution in [0.15, 0.2) is 53.7 Å². The van der Waals surface area contributed by atoms with E-state index in [4.69, 9.17) is 44.5 Å². The first-order valence-corrected chi connectivity index (χ1v) is 10.1. The molecular weight excluding hydrogens is 431 g/mol. The van der Waals surface area contributed by atoms with E-state index in [-0.39, 0.29) is 0 Å². The predicted octanol–water partition coefficient (Wildman–Crippen LogP) is 7.12. The molecule has 0 spiro atoms. The Labute approximate surface area is 183 Å². The zero-order valence-corrected chi connectivity index (χ0v) is 18.0. The molecule has 0 fully saturated rings. The maximum atomic E-state index is 9.58. The van der Waals surface area contributed by atoms with Crippen molar-refractivity contribution in [3.8, 4) is 28.3 Å². The second kappa shape index (κ2) is 7.52. The van der Waals surface area contributed by atoms with Gasteiger partial charge in [-0.1, -0.05) is 52.1 Å². The lowest BCUT2D eigenvalue weighted by Crippen LogP contribution is -2.36. The van der Waals surface area contributed by atoms with Crippen LogP contribution in [0.3, 0.4) is 0 Å². The summed E-state index contributed by atoms with van der Waals surface area (Å²) < 4.78 is 6.09. The number of ether oxygens (including phenoxy) is 1. The van der Waals surface area contributed by atoms with E-state index >= 15 is 0 Å². The van der Waals surface area contributed by atoms with Crippen molar-refractivity contribution in [2.24, 2.45) is 5.16 Å². The fourth-order valence-corrected chi connectivity index (χ4v) is 4.03. The minimum Gasteiger partial charge on any atom is -0.471 e. The summed E-state index contributed by atoms with van der Waals surface area (Å²) in [6.07, 6.45) is 0.458. The topological polar surface area (TPSA) is 54.7 Å². The number of benzene rings is 2. The summed E-state index contributed by atoms with van der Waals surface area (Å²) in [7, 11) is 0. The van der Waals surface area contributed by atoms with E-state index in [2.05, 4.69) is 5.16 Å². The van der Waals surface area contributed by atoms with Gasteiger partial charge in [-0.15, -0.1) is 0 Å². The van der Waals surface area contributed by atoms with Crippen LogP contribution in [0.5, 0.6) is 5.88 Å². The van der Waals surface area contributed by atoms with Gasteiger partial charge in [0.2, 0.25) is 5.88 Å². The smallest absolute Gasteiger partial charge is 0.223 e. The quantitative estimate of drug-likeness (QED) is 0.336. The molecule has 4 nitrogen and oxygen atoms in total. The molecule has 0 unspecified atom stereocenters. The number of hydrogen-bond donors (Lipinski definition) is 1. The maximum absolute atomic E-state index is 9.58. The van der Waals surface area contributed by atoms with Gasteiger partial charge in [0.15, 0.2) is 0 Å². The van der Waals surface area contributed by atoms with Crippen molar-refractivity contribution >= 4 is 40.5 Å². The third-order valence-electron chi connectivity index (χ3n) is 4.73. The first kappa shape index (κ1) is 20.0. The molecule has 2 aromatic carbocycles. The van der Waals surface area contributed by atoms with Gasteiger partial charge in [0, 0.05) is 27.6 Å². The summed E-state index contributed by atoms with van der Waals surface area (Å²) in [4.78, 5) is 4.79. The molecular formula is C22H17Cl3N2O2. The Morgan fingerprint density at radius 2 is 1.62 bits per heavy atom. The van der Waals surface area contributed by atoms with Gasteiger partial charge in [0.05, 0.1) is 22.0 Å². The zero-order valence-electron chi connectivity index (χ0n) is 15.7. The number of nitrogens with zero attached hydrogens (tertiary/aromatic N) is 2. The van der Waals surface area contributed by atoms with E-state index in [9.17, 15) is 5.21 Å². The molecule has 1 aliphatic heterocycles. The zero-order chi connectivity index (χ0) is 20.8. The molecule has 2 heterocycles. The lowest BCUT2D eigenvalue weighted by molar-refractivity contribution is 0.103. The van der Waals surface area contributed by atoms with Crippen LogP contribution in [0.2, 0.25) is 15.1 Å². The van der Waals surface area contributed by atoms with Crippen LogP contribution in [0.4, 0.5) is 0 Å². The van der Waals surface area contributed by atoms with Gasteiger partial charge in [-0.05, 0) is 55.8 Å². The minimum absolute atomic E-state index is 0.396. The number of fused-ring (bicyclic) bond motifs is 1. The summed E-state index contributed by atoms with van der Waals surface area (Å²) >= 11 is 18.6. The Balaban J connectivity index is 2.01. The molecule has 7 heteroatoms. The van der Waals surface area contributed by atoms with E-state index in [1.165, 1.54) is 0 Å². The van der Waals surface area contributed by atoms with Crippen molar-refractivity contribution in [2.45, 2.75) is 25.9 Å². The summed E-state index contributed by atoms with van der Waals surface area (Å²) in [6, 6.07) is 14.6. The first-order chi connectivity index (χ1) is 13.8. The number of hydrogen-bond acceptors (Lipinski definition) is 4. The van der Waals surface area contributed by atoms with Crippen LogP contribution in [0.25, 0.3) is 22.4 Å². The summed E-state index contributed by atoms with van der Waals surface area (Å²) in [5.74, 6) is 0.396. The van der Waals surface area contributed by atoms with Crippen LogP contribution >= 0.6 is 34.8 Å². The molecule has 0 saturated heterocycles. The Kier molecular flexibility index (Phi) is 5.19. The summed E-state index contributed by atoms with van der Waals surface area (Å²) in [5.41, 5.74) is 3.69. The van der Waals surface area contributed by atoms with Crippen LogP contribution in [-0.4, -0.2) is 21.5 Å². The number of halogens is 3. The van der Waals surface area contributed by atoms with Crippen molar-refractivity contribution in [2.75, 3.05) is 0 Å². The standard InChI is InChI=1S/C22H17Cl3N2O2/c1-22(2)11-19(27-28)17-10-16(12-3-5-13(23)6-4-12)20(26-21(17)29-22)15-8-7-14(24)9-18(15)25/h3-10,28H,11H2,1-2H3. The third-order valence-corrected chi connectivity index (χ3v) is 5.53. The highest BCUT2D eigenvalue weighted by Crippen LogP contribution is 2.41. The Morgan fingerprint density at radius 1 is 0.931 bits per heavy atom. The van der Waals surface area contributed by atoms with E-state index in [1.807, 2.05) is 50.2 Å². The van der Waals surface area contributed by atoms with Crippen molar-refractivity contribution < 1.29 is 9.94 Å². The SMILES string of the molecule is CC1(C)CC(=NO)c2cc(-c3ccc(Cl)cc3)c(-c3ccc(Cl)cc3Cl)nc2O1. The van der Waals surface area contributed by atoms with Crippen LogP contribution in [0.1, 0.15) is 25.8 Å². The van der Waals surface area contributed by atoms with E-state index in [1.54, 1.807) is 12.1 Å². The van der Waals surface area contributed by atoms with Crippen LogP contribution in [-0.2, 0) is 0 Å². The molecule has 148 valence electrons. The number of rotatable bonds is 2. The second-order valence-electron chi connectivity index (χ2n) is 7.45. The summed E-state index contributed by atoms with van der Waals surface area (Å²) in [5, 5.41) is 14.7. The normalized spacial score (nSPS) is 16.4. The van der Waals surface area contributed by atoms with Crippen molar-refractivity contribution in [1.29, 1.82) is 0 Å². The maximum Gasteiger partial charge on any atom is 0.223 e. The highest BCUT2D eigenvalue weighted by Gasteiger charge is 2.34. The van der Waals surface area contributed by atoms with Gasteiger partial charge in [0.1, 0.15) is 5.60 Å². The highest BCUT2D eigenvalue weighted by molar-refractivity contribution is 6.36. The fraction of sp³-hybridized carbons (Fsp3) is 0.182. The predicted molar refractivity (Wildman–Crippen MR) is 118 cm³/mol. The van der Waals surface area contributed by atoms with E-state index < -0.39 is 5.60 Å². The average molecular weight is 448 g/mol. The molecule has 0 atom stereocenters. The van der Waals surface area contributed by atoms with E-state index in [0.29, 0.717) is 44.3 Å². The Bertz CT molecular complexity index is 1130. The van der Waals surface area contributed by atoms with E-state index in [0.717, 1.165) is 16.7 Å². The molecule has 1 aromatic heterocycles. The largest absolute Gasteiger partial charge is 0.471 e. The number of aromatic nitrogens is 1. The molecule has 0 radical (unpaired) electrons. The number of pyridine rings is 1. The highest BCUT2D eigenvalue weighted by atomic mass is 35.5.